The van der Waals surface area contributed by atoms with Gasteiger partial charge in [0.1, 0.15) is 17.5 Å². The van der Waals surface area contributed by atoms with Crippen molar-refractivity contribution >= 4 is 35.0 Å². The predicted molar refractivity (Wildman–Crippen MR) is 168 cm³/mol. The molecular formula is C35H32ClF3N2O6. The number of benzene rings is 3. The topological polar surface area (TPSA) is 108 Å². The van der Waals surface area contributed by atoms with Crippen molar-refractivity contribution in [3.63, 3.8) is 0 Å². The smallest absolute Gasteiger partial charge is 0.416 e. The second-order valence-electron chi connectivity index (χ2n) is 10.9. The minimum atomic E-state index is -4.60. The molecule has 0 bridgehead atoms. The Kier molecular flexibility index (Phi) is 9.67. The number of hydrogen-bond donors (Lipinski definition) is 1. The van der Waals surface area contributed by atoms with E-state index in [4.69, 9.17) is 31.5 Å². The first-order valence-electron chi connectivity index (χ1n) is 14.9. The molecule has 8 nitrogen and oxygen atoms in total. The molecule has 246 valence electrons. The number of nitrogens with zero attached hydrogens (tertiary/aromatic N) is 1. The second kappa shape index (κ2) is 13.5. The van der Waals surface area contributed by atoms with Crippen molar-refractivity contribution < 1.29 is 41.8 Å². The van der Waals surface area contributed by atoms with E-state index in [-0.39, 0.29) is 42.3 Å². The first-order chi connectivity index (χ1) is 22.4. The number of Topliss-reactive ketones (excluding diaryl/α,β-unsaturated/α-hetero) is 1. The molecule has 0 aromatic heterocycles. The second-order valence-corrected chi connectivity index (χ2v) is 11.4. The summed E-state index contributed by atoms with van der Waals surface area (Å²) in [5, 5.41) is 0.400. The van der Waals surface area contributed by atoms with Gasteiger partial charge in [-0.25, -0.2) is 4.79 Å². The zero-order valence-corrected chi connectivity index (χ0v) is 26.5. The molecule has 0 amide bonds. The van der Waals surface area contributed by atoms with E-state index in [9.17, 15) is 27.6 Å². The van der Waals surface area contributed by atoms with Gasteiger partial charge in [-0.1, -0.05) is 35.9 Å². The highest BCUT2D eigenvalue weighted by molar-refractivity contribution is 6.30. The van der Waals surface area contributed by atoms with Crippen LogP contribution in [0.2, 0.25) is 5.02 Å². The Bertz CT molecular complexity index is 1750. The molecule has 5 rings (SSSR count). The van der Waals surface area contributed by atoms with Gasteiger partial charge >= 0.3 is 18.1 Å². The minimum Gasteiger partial charge on any atom is -0.497 e. The molecule has 1 aliphatic carbocycles. The number of carbonyl (C=O) groups excluding carboxylic acids is 3. The largest absolute Gasteiger partial charge is 0.497 e. The van der Waals surface area contributed by atoms with Crippen LogP contribution in [0.1, 0.15) is 48.8 Å². The molecule has 3 atom stereocenters. The predicted octanol–water partition coefficient (Wildman–Crippen LogP) is 6.89. The Morgan fingerprint density at radius 2 is 1.62 bits per heavy atom. The highest BCUT2D eigenvalue weighted by Gasteiger charge is 2.51. The molecule has 3 aromatic carbocycles. The van der Waals surface area contributed by atoms with E-state index in [1.807, 2.05) is 0 Å². The van der Waals surface area contributed by atoms with Gasteiger partial charge in [0.2, 0.25) is 0 Å². The molecule has 0 unspecified atom stereocenters. The monoisotopic (exact) mass is 668 g/mol. The minimum absolute atomic E-state index is 0.0125. The zero-order valence-electron chi connectivity index (χ0n) is 25.8. The van der Waals surface area contributed by atoms with Crippen LogP contribution >= 0.6 is 11.6 Å². The molecule has 0 spiro atoms. The highest BCUT2D eigenvalue weighted by Crippen LogP contribution is 2.52. The summed E-state index contributed by atoms with van der Waals surface area (Å²) in [6, 6.07) is 17.6. The van der Waals surface area contributed by atoms with Crippen LogP contribution in [0.4, 0.5) is 18.9 Å². The van der Waals surface area contributed by atoms with Crippen LogP contribution in [0.3, 0.4) is 0 Å². The van der Waals surface area contributed by atoms with E-state index >= 15 is 0 Å². The van der Waals surface area contributed by atoms with Gasteiger partial charge in [-0.3, -0.25) is 14.5 Å². The summed E-state index contributed by atoms with van der Waals surface area (Å²) in [7, 11) is 1.49. The van der Waals surface area contributed by atoms with Gasteiger partial charge in [0, 0.05) is 27.9 Å². The van der Waals surface area contributed by atoms with E-state index in [1.165, 1.54) is 24.1 Å². The third-order valence-electron chi connectivity index (χ3n) is 8.25. The molecule has 0 saturated heterocycles. The molecule has 0 fully saturated rings. The fourth-order valence-electron chi connectivity index (χ4n) is 6.21. The van der Waals surface area contributed by atoms with Crippen LogP contribution in [-0.4, -0.2) is 38.0 Å². The molecule has 12 heteroatoms. The van der Waals surface area contributed by atoms with Crippen molar-refractivity contribution in [3.8, 4) is 5.75 Å². The summed E-state index contributed by atoms with van der Waals surface area (Å²) >= 11 is 6.19. The number of ether oxygens (including phenoxy) is 3. The van der Waals surface area contributed by atoms with Crippen LogP contribution in [-0.2, 0) is 30.0 Å². The van der Waals surface area contributed by atoms with E-state index in [2.05, 4.69) is 0 Å². The van der Waals surface area contributed by atoms with Gasteiger partial charge in [-0.15, -0.1) is 0 Å². The lowest BCUT2D eigenvalue weighted by Crippen LogP contribution is -2.46. The summed E-state index contributed by atoms with van der Waals surface area (Å²) in [4.78, 5) is 43.5. The molecule has 2 N–H and O–H groups in total. The molecule has 3 aromatic rings. The van der Waals surface area contributed by atoms with Gasteiger partial charge in [0.05, 0.1) is 37.4 Å². The van der Waals surface area contributed by atoms with Crippen molar-refractivity contribution in [3.05, 3.63) is 117 Å². The Morgan fingerprint density at radius 1 is 0.957 bits per heavy atom. The average Bonchev–Trinajstić information content (AvgIpc) is 3.04. The van der Waals surface area contributed by atoms with E-state index in [0.717, 1.165) is 12.1 Å². The summed E-state index contributed by atoms with van der Waals surface area (Å²) in [6.07, 6.45) is -4.58. The van der Waals surface area contributed by atoms with Crippen LogP contribution in [0.25, 0.3) is 0 Å². The number of hydrogen-bond acceptors (Lipinski definition) is 8. The third kappa shape index (κ3) is 6.44. The fourth-order valence-corrected chi connectivity index (χ4v) is 6.33. The normalized spacial score (nSPS) is 19.8. The highest BCUT2D eigenvalue weighted by atomic mass is 35.5. The van der Waals surface area contributed by atoms with E-state index in [0.29, 0.717) is 27.6 Å². The number of esters is 2. The van der Waals surface area contributed by atoms with Gasteiger partial charge in [0.25, 0.3) is 0 Å². The molecule has 1 heterocycles. The summed E-state index contributed by atoms with van der Waals surface area (Å²) in [5.41, 5.74) is 7.41. The van der Waals surface area contributed by atoms with Crippen molar-refractivity contribution in [1.29, 1.82) is 0 Å². The fraction of sp³-hybridized carbons (Fsp3) is 0.286. The number of methoxy groups -OCH3 is 1. The standard InChI is InChI=1S/C35H32ClF3N2O6/c1-4-46-33(43)28-25(20-7-6-8-24(17-20)45-3)18-26-29(31(28)42)27(19-9-13-22(36)14-10-19)30(34(44)47-5-2)32(40)41(26)23-15-11-21(12-16-23)35(37,38)39/h6-17,25,27-28H,4-5,18,40H2,1-3H3/t25-,27+,28+/m1/s1. The SMILES string of the molecule is CCOC(=O)C1=C(N)N(c2ccc(C(F)(F)F)cc2)C2=C(C(=O)[C@@H](C(=O)OCC)[C@@H](c3cccc(OC)c3)C2)[C@@H]1c1ccc(Cl)cc1. The molecule has 1 aliphatic heterocycles. The van der Waals surface area contributed by atoms with Gasteiger partial charge in [-0.2, -0.15) is 13.2 Å². The van der Waals surface area contributed by atoms with Crippen LogP contribution in [0.15, 0.2) is 95.5 Å². The Balaban J connectivity index is 1.82. The van der Waals surface area contributed by atoms with Crippen molar-refractivity contribution in [2.24, 2.45) is 11.7 Å². The van der Waals surface area contributed by atoms with Crippen LogP contribution < -0.4 is 15.4 Å². The van der Waals surface area contributed by atoms with Gasteiger partial charge in [-0.05, 0) is 79.9 Å². The summed E-state index contributed by atoms with van der Waals surface area (Å²) in [6.45, 7) is 3.22. The number of nitrogens with two attached hydrogens (primary N) is 1. The van der Waals surface area contributed by atoms with Crippen molar-refractivity contribution in [1.82, 2.24) is 0 Å². The average molecular weight is 669 g/mol. The first kappa shape index (κ1) is 33.6. The third-order valence-corrected chi connectivity index (χ3v) is 8.50. The Morgan fingerprint density at radius 3 is 2.21 bits per heavy atom. The lowest BCUT2D eigenvalue weighted by molar-refractivity contribution is -0.152. The van der Waals surface area contributed by atoms with Gasteiger partial charge < -0.3 is 19.9 Å². The molecule has 47 heavy (non-hydrogen) atoms. The number of halogens is 4. The lowest BCUT2D eigenvalue weighted by atomic mass is 9.67. The first-order valence-corrected chi connectivity index (χ1v) is 15.3. The number of carbonyl (C=O) groups is 3. The number of alkyl halides is 3. The summed E-state index contributed by atoms with van der Waals surface area (Å²) in [5.74, 6) is -5.05. The summed E-state index contributed by atoms with van der Waals surface area (Å²) < 4.78 is 56.8. The quantitative estimate of drug-likeness (QED) is 0.204. The lowest BCUT2D eigenvalue weighted by Gasteiger charge is -2.44. The maximum Gasteiger partial charge on any atom is 0.416 e. The van der Waals surface area contributed by atoms with Crippen LogP contribution in [0, 0.1) is 5.92 Å². The molecule has 0 saturated carbocycles. The number of allylic oxidation sites excluding steroid dienone is 2. The maximum atomic E-state index is 14.9. The Labute approximate surface area is 274 Å². The molecule has 2 aliphatic rings. The maximum absolute atomic E-state index is 14.9. The van der Waals surface area contributed by atoms with E-state index in [1.54, 1.807) is 62.4 Å². The van der Waals surface area contributed by atoms with Crippen LogP contribution in [0.5, 0.6) is 5.75 Å². The van der Waals surface area contributed by atoms with E-state index < -0.39 is 47.2 Å². The van der Waals surface area contributed by atoms with Crippen molar-refractivity contribution in [2.45, 2.75) is 38.3 Å². The molecular weight excluding hydrogens is 637 g/mol. The zero-order chi connectivity index (χ0) is 34.0. The number of ketones is 1. The van der Waals surface area contributed by atoms with Crippen molar-refractivity contribution in [2.75, 3.05) is 25.2 Å². The molecule has 0 radical (unpaired) electrons. The van der Waals surface area contributed by atoms with Gasteiger partial charge in [0.15, 0.2) is 5.78 Å². The number of rotatable bonds is 8. The number of anilines is 1. The Hall–Kier alpha value is -4.77.